The molecule has 0 unspecified atom stereocenters. The summed E-state index contributed by atoms with van der Waals surface area (Å²) >= 11 is 6.01. The first-order valence-corrected chi connectivity index (χ1v) is 7.95. The predicted molar refractivity (Wildman–Crippen MR) is 85.7 cm³/mol. The van der Waals surface area contributed by atoms with Crippen LogP contribution in [0.4, 0.5) is 0 Å². The molecule has 0 fully saturated rings. The van der Waals surface area contributed by atoms with Crippen LogP contribution >= 0.6 is 11.6 Å². The quantitative estimate of drug-likeness (QED) is 0.776. The molecule has 0 saturated carbocycles. The first kappa shape index (κ1) is 13.9. The van der Waals surface area contributed by atoms with E-state index in [2.05, 4.69) is 29.2 Å². The van der Waals surface area contributed by atoms with E-state index in [-0.39, 0.29) is 0 Å². The van der Waals surface area contributed by atoms with Gasteiger partial charge in [-0.25, -0.2) is 0 Å². The molecule has 1 nitrogen and oxygen atoms in total. The fourth-order valence-corrected chi connectivity index (χ4v) is 3.29. The third-order valence-electron chi connectivity index (χ3n) is 4.26. The molecule has 0 amide bonds. The minimum atomic E-state index is 0.823. The summed E-state index contributed by atoms with van der Waals surface area (Å²) in [4.78, 5) is 2.53. The molecule has 1 aliphatic heterocycles. The maximum absolute atomic E-state index is 6.01. The van der Waals surface area contributed by atoms with Gasteiger partial charge in [-0.1, -0.05) is 35.4 Å². The number of allylic oxidation sites excluding steroid dienone is 1. The van der Waals surface area contributed by atoms with E-state index in [0.717, 1.165) is 31.1 Å². The number of rotatable bonds is 3. The maximum atomic E-state index is 6.01. The number of halogens is 1. The summed E-state index contributed by atoms with van der Waals surface area (Å²) in [6, 6.07) is 8.36. The lowest BCUT2D eigenvalue weighted by Crippen LogP contribution is -2.30. The van der Waals surface area contributed by atoms with Crippen LogP contribution in [0, 0.1) is 6.08 Å². The van der Waals surface area contributed by atoms with Gasteiger partial charge in [0.1, 0.15) is 0 Å². The molecular weight excluding hydrogens is 266 g/mol. The average Bonchev–Trinajstić information content (AvgIpc) is 2.50. The fourth-order valence-electron chi connectivity index (χ4n) is 3.17. The van der Waals surface area contributed by atoms with Crippen LogP contribution in [-0.4, -0.2) is 24.5 Å². The maximum Gasteiger partial charge on any atom is 0.0406 e. The third-order valence-corrected chi connectivity index (χ3v) is 4.51. The van der Waals surface area contributed by atoms with Gasteiger partial charge >= 0.3 is 0 Å². The Morgan fingerprint density at radius 3 is 2.65 bits per heavy atom. The molecule has 0 bridgehead atoms. The monoisotopic (exact) mass is 286 g/mol. The summed E-state index contributed by atoms with van der Waals surface area (Å²) in [6.07, 6.45) is 11.7. The van der Waals surface area contributed by atoms with Crippen LogP contribution in [0.15, 0.2) is 35.9 Å². The van der Waals surface area contributed by atoms with Crippen molar-refractivity contribution >= 4 is 17.2 Å². The van der Waals surface area contributed by atoms with Gasteiger partial charge in [-0.3, -0.25) is 4.90 Å². The second kappa shape index (κ2) is 6.60. The normalized spacial score (nSPS) is 20.4. The van der Waals surface area contributed by atoms with E-state index >= 15 is 0 Å². The number of benzene rings is 1. The summed E-state index contributed by atoms with van der Waals surface area (Å²) in [5.41, 5.74) is 4.56. The summed E-state index contributed by atoms with van der Waals surface area (Å²) in [6.45, 7) is 3.32. The molecule has 105 valence electrons. The van der Waals surface area contributed by atoms with Crippen LogP contribution in [0.25, 0.3) is 5.57 Å². The molecule has 2 aliphatic rings. The molecule has 1 aromatic rings. The highest BCUT2D eigenvalue weighted by molar-refractivity contribution is 6.30. The molecule has 0 atom stereocenters. The van der Waals surface area contributed by atoms with Gasteiger partial charge in [0, 0.05) is 24.7 Å². The molecule has 0 aromatic heterocycles. The van der Waals surface area contributed by atoms with Crippen LogP contribution in [-0.2, 0) is 0 Å². The van der Waals surface area contributed by atoms with Gasteiger partial charge in [0.15, 0.2) is 0 Å². The highest BCUT2D eigenvalue weighted by Gasteiger charge is 2.17. The minimum absolute atomic E-state index is 0.823. The summed E-state index contributed by atoms with van der Waals surface area (Å²) in [5.74, 6) is 0. The van der Waals surface area contributed by atoms with Gasteiger partial charge in [0.2, 0.25) is 0 Å². The van der Waals surface area contributed by atoms with Crippen LogP contribution in [0.1, 0.15) is 37.7 Å². The topological polar surface area (TPSA) is 3.24 Å². The molecule has 1 radical (unpaired) electrons. The van der Waals surface area contributed by atoms with E-state index in [1.54, 1.807) is 11.1 Å². The largest absolute Gasteiger partial charge is 0.295 e. The molecule has 0 spiro atoms. The molecule has 1 aromatic carbocycles. The van der Waals surface area contributed by atoms with E-state index in [9.17, 15) is 0 Å². The van der Waals surface area contributed by atoms with Crippen molar-refractivity contribution in [1.29, 1.82) is 0 Å². The molecule has 1 heterocycles. The zero-order valence-electron chi connectivity index (χ0n) is 11.9. The molecule has 20 heavy (non-hydrogen) atoms. The Labute approximate surface area is 126 Å². The first-order valence-electron chi connectivity index (χ1n) is 7.57. The third kappa shape index (κ3) is 3.34. The van der Waals surface area contributed by atoms with Crippen LogP contribution in [0.5, 0.6) is 0 Å². The highest BCUT2D eigenvalue weighted by Crippen LogP contribution is 2.33. The molecule has 0 saturated heterocycles. The zero-order valence-corrected chi connectivity index (χ0v) is 12.6. The van der Waals surface area contributed by atoms with Crippen molar-refractivity contribution in [2.45, 2.75) is 32.1 Å². The summed E-state index contributed by atoms with van der Waals surface area (Å²) < 4.78 is 0. The predicted octanol–water partition coefficient (Wildman–Crippen LogP) is 4.73. The lowest BCUT2D eigenvalue weighted by Gasteiger charge is -2.28. The van der Waals surface area contributed by atoms with Crippen molar-refractivity contribution in [1.82, 2.24) is 4.90 Å². The van der Waals surface area contributed by atoms with E-state index in [1.165, 1.54) is 31.2 Å². The van der Waals surface area contributed by atoms with Crippen molar-refractivity contribution in [3.8, 4) is 0 Å². The van der Waals surface area contributed by atoms with Crippen molar-refractivity contribution < 1.29 is 0 Å². The Balaban J connectivity index is 1.82. The second-order valence-corrected chi connectivity index (χ2v) is 6.13. The molecule has 0 N–H and O–H groups in total. The highest BCUT2D eigenvalue weighted by atomic mass is 35.5. The van der Waals surface area contributed by atoms with Crippen molar-refractivity contribution in [2.24, 2.45) is 0 Å². The Kier molecular flexibility index (Phi) is 4.59. The summed E-state index contributed by atoms with van der Waals surface area (Å²) in [5, 5.41) is 0.823. The zero-order chi connectivity index (χ0) is 13.8. The van der Waals surface area contributed by atoms with Crippen LogP contribution < -0.4 is 0 Å². The lowest BCUT2D eigenvalue weighted by atomic mass is 9.87. The lowest BCUT2D eigenvalue weighted by molar-refractivity contribution is 0.316. The fraction of sp³-hybridized carbons (Fsp3) is 0.444. The van der Waals surface area contributed by atoms with Crippen molar-refractivity contribution in [2.75, 3.05) is 19.6 Å². The van der Waals surface area contributed by atoms with Crippen LogP contribution in [0.3, 0.4) is 0 Å². The van der Waals surface area contributed by atoms with Crippen LogP contribution in [0.2, 0.25) is 5.02 Å². The van der Waals surface area contributed by atoms with Gasteiger partial charge in [0.25, 0.3) is 0 Å². The molecular formula is C18H21ClN. The number of hydrogen-bond acceptors (Lipinski definition) is 1. The standard InChI is InChI=1S/C18H21ClN/c19-17-10-8-15(9-11-17)18-7-3-2-6-16(18)14-20-12-4-1-5-13-20/h4,8-11H,2-3,5-7,12-14H2. The molecule has 1 aliphatic carbocycles. The van der Waals surface area contributed by atoms with E-state index in [1.807, 2.05) is 12.1 Å². The Bertz CT molecular complexity index is 513. The van der Waals surface area contributed by atoms with Crippen molar-refractivity contribution in [3.05, 3.63) is 52.6 Å². The van der Waals surface area contributed by atoms with Gasteiger partial charge in [-0.15, -0.1) is 0 Å². The van der Waals surface area contributed by atoms with Crippen molar-refractivity contribution in [3.63, 3.8) is 0 Å². The molecule has 3 rings (SSSR count). The van der Waals surface area contributed by atoms with Gasteiger partial charge in [0.05, 0.1) is 0 Å². The average molecular weight is 287 g/mol. The van der Waals surface area contributed by atoms with Gasteiger partial charge in [-0.05, 0) is 61.4 Å². The number of nitrogens with zero attached hydrogens (tertiary/aromatic N) is 1. The number of hydrogen-bond donors (Lipinski definition) is 0. The van der Waals surface area contributed by atoms with E-state index in [0.29, 0.717) is 0 Å². The minimum Gasteiger partial charge on any atom is -0.295 e. The molecule has 2 heteroatoms. The smallest absolute Gasteiger partial charge is 0.0406 e. The Hall–Kier alpha value is -1.05. The van der Waals surface area contributed by atoms with E-state index < -0.39 is 0 Å². The van der Waals surface area contributed by atoms with E-state index in [4.69, 9.17) is 11.6 Å². The first-order chi connectivity index (χ1) is 9.83. The summed E-state index contributed by atoms with van der Waals surface area (Å²) in [7, 11) is 0. The van der Waals surface area contributed by atoms with Gasteiger partial charge < -0.3 is 0 Å². The van der Waals surface area contributed by atoms with Gasteiger partial charge in [-0.2, -0.15) is 0 Å². The second-order valence-electron chi connectivity index (χ2n) is 5.69. The Morgan fingerprint density at radius 1 is 1.10 bits per heavy atom. The SMILES string of the molecule is Clc1ccc(C2=C(CN3CC=[C]CC3)CCCC2)cc1. The Morgan fingerprint density at radius 2 is 1.90 bits per heavy atom.